The normalized spacial score (nSPS) is 10.3. The molecule has 0 saturated heterocycles. The van der Waals surface area contributed by atoms with Crippen LogP contribution in [0, 0.1) is 12.3 Å². The first kappa shape index (κ1) is 13.8. The summed E-state index contributed by atoms with van der Waals surface area (Å²) in [7, 11) is 0. The lowest BCUT2D eigenvalue weighted by atomic mass is 10.2. The van der Waals surface area contributed by atoms with Gasteiger partial charge in [-0.05, 0) is 32.9 Å². The number of terminal acetylenes is 1. The van der Waals surface area contributed by atoms with Crippen molar-refractivity contribution in [2.24, 2.45) is 0 Å². The van der Waals surface area contributed by atoms with E-state index in [1.54, 1.807) is 39.1 Å². The van der Waals surface area contributed by atoms with E-state index in [4.69, 9.17) is 11.2 Å². The molecular formula is C13H17N3O2. The number of aromatic nitrogens is 1. The quantitative estimate of drug-likeness (QED) is 0.805. The smallest absolute Gasteiger partial charge is 0.413 e. The minimum atomic E-state index is -0.529. The maximum atomic E-state index is 11.5. The number of ether oxygens (including phenoxy) is 1. The van der Waals surface area contributed by atoms with Gasteiger partial charge in [0.25, 0.3) is 0 Å². The second kappa shape index (κ2) is 5.92. The van der Waals surface area contributed by atoms with Crippen molar-refractivity contribution in [1.82, 2.24) is 4.98 Å². The molecule has 0 aliphatic carbocycles. The molecule has 0 unspecified atom stereocenters. The first-order valence-corrected chi connectivity index (χ1v) is 5.54. The van der Waals surface area contributed by atoms with E-state index >= 15 is 0 Å². The summed E-state index contributed by atoms with van der Waals surface area (Å²) in [6.07, 6.45) is 6.18. The van der Waals surface area contributed by atoms with E-state index in [1.165, 1.54) is 0 Å². The first-order chi connectivity index (χ1) is 8.40. The summed E-state index contributed by atoms with van der Waals surface area (Å²) >= 11 is 0. The average molecular weight is 247 g/mol. The molecule has 2 N–H and O–H groups in total. The molecule has 96 valence electrons. The molecule has 1 aromatic rings. The molecule has 1 aromatic heterocycles. The molecule has 0 atom stereocenters. The molecule has 0 saturated carbocycles. The lowest BCUT2D eigenvalue weighted by Gasteiger charge is -2.19. The van der Waals surface area contributed by atoms with E-state index in [0.717, 1.165) is 5.69 Å². The van der Waals surface area contributed by atoms with Crippen LogP contribution in [-0.2, 0) is 4.74 Å². The van der Waals surface area contributed by atoms with Crippen LogP contribution < -0.4 is 10.6 Å². The third-order valence-electron chi connectivity index (χ3n) is 1.79. The van der Waals surface area contributed by atoms with Gasteiger partial charge in [-0.3, -0.25) is 5.32 Å². The van der Waals surface area contributed by atoms with Crippen LogP contribution in [0.4, 0.5) is 16.3 Å². The van der Waals surface area contributed by atoms with E-state index < -0.39 is 11.7 Å². The largest absolute Gasteiger partial charge is 0.444 e. The molecule has 18 heavy (non-hydrogen) atoms. The monoisotopic (exact) mass is 247 g/mol. The summed E-state index contributed by atoms with van der Waals surface area (Å²) in [6.45, 7) is 5.83. The van der Waals surface area contributed by atoms with Gasteiger partial charge in [-0.2, -0.15) is 0 Å². The highest BCUT2D eigenvalue weighted by Gasteiger charge is 2.16. The van der Waals surface area contributed by atoms with E-state index in [9.17, 15) is 4.79 Å². The fourth-order valence-corrected chi connectivity index (χ4v) is 1.13. The van der Waals surface area contributed by atoms with Gasteiger partial charge < -0.3 is 10.1 Å². The Kier molecular flexibility index (Phi) is 4.55. The molecule has 5 nitrogen and oxygen atoms in total. The van der Waals surface area contributed by atoms with Crippen LogP contribution in [0.1, 0.15) is 20.8 Å². The molecule has 0 aliphatic rings. The molecule has 1 heterocycles. The minimum Gasteiger partial charge on any atom is -0.444 e. The van der Waals surface area contributed by atoms with Crippen molar-refractivity contribution < 1.29 is 9.53 Å². The van der Waals surface area contributed by atoms with Crippen molar-refractivity contribution in [3.05, 3.63) is 18.3 Å². The van der Waals surface area contributed by atoms with Crippen LogP contribution in [0.25, 0.3) is 0 Å². The molecule has 5 heteroatoms. The van der Waals surface area contributed by atoms with Gasteiger partial charge in [-0.15, -0.1) is 6.42 Å². The number of nitrogens with zero attached hydrogens (tertiary/aromatic N) is 1. The fraction of sp³-hybridized carbons (Fsp3) is 0.385. The first-order valence-electron chi connectivity index (χ1n) is 5.54. The summed E-state index contributed by atoms with van der Waals surface area (Å²) in [5, 5.41) is 5.51. The Labute approximate surface area is 107 Å². The van der Waals surface area contributed by atoms with Crippen molar-refractivity contribution in [2.45, 2.75) is 26.4 Å². The van der Waals surface area contributed by atoms with Gasteiger partial charge in [0.15, 0.2) is 0 Å². The number of rotatable bonds is 3. The zero-order valence-electron chi connectivity index (χ0n) is 10.8. The minimum absolute atomic E-state index is 0.426. The molecule has 0 radical (unpaired) electrons. The standard InChI is InChI=1S/C13H17N3O2/c1-5-8-14-10-6-7-11(15-9-10)16-12(17)18-13(2,3)4/h1,6-7,9,14H,8H2,2-4H3,(H,15,16,17). The lowest BCUT2D eigenvalue weighted by molar-refractivity contribution is 0.0635. The van der Waals surface area contributed by atoms with Crippen LogP contribution in [0.5, 0.6) is 0 Å². The zero-order valence-corrected chi connectivity index (χ0v) is 10.8. The molecule has 1 amide bonds. The third kappa shape index (κ3) is 5.21. The molecule has 0 aromatic carbocycles. The fourth-order valence-electron chi connectivity index (χ4n) is 1.13. The summed E-state index contributed by atoms with van der Waals surface area (Å²) in [6, 6.07) is 3.44. The summed E-state index contributed by atoms with van der Waals surface area (Å²) in [5.41, 5.74) is 0.265. The summed E-state index contributed by atoms with van der Waals surface area (Å²) in [4.78, 5) is 15.5. The Morgan fingerprint density at radius 3 is 2.72 bits per heavy atom. The Hall–Kier alpha value is -2.22. The predicted octanol–water partition coefficient (Wildman–Crippen LogP) is 2.47. The number of pyridine rings is 1. The second-order valence-corrected chi connectivity index (χ2v) is 4.62. The highest BCUT2D eigenvalue weighted by Crippen LogP contribution is 2.12. The van der Waals surface area contributed by atoms with E-state index in [2.05, 4.69) is 21.5 Å². The van der Waals surface area contributed by atoms with Crippen molar-refractivity contribution in [3.63, 3.8) is 0 Å². The number of carbonyl (C=O) groups excluding carboxylic acids is 1. The Balaban J connectivity index is 2.54. The van der Waals surface area contributed by atoms with Crippen molar-refractivity contribution in [2.75, 3.05) is 17.2 Å². The Morgan fingerprint density at radius 2 is 2.22 bits per heavy atom. The number of anilines is 2. The van der Waals surface area contributed by atoms with Crippen LogP contribution in [-0.4, -0.2) is 23.2 Å². The highest BCUT2D eigenvalue weighted by molar-refractivity contribution is 5.83. The molecular weight excluding hydrogens is 230 g/mol. The Morgan fingerprint density at radius 1 is 1.50 bits per heavy atom. The lowest BCUT2D eigenvalue weighted by Crippen LogP contribution is -2.27. The van der Waals surface area contributed by atoms with Gasteiger partial charge in [-0.1, -0.05) is 5.92 Å². The SMILES string of the molecule is C#CCNc1ccc(NC(=O)OC(C)(C)C)nc1. The molecule has 0 fully saturated rings. The van der Waals surface area contributed by atoms with Crippen LogP contribution >= 0.6 is 0 Å². The second-order valence-electron chi connectivity index (χ2n) is 4.62. The van der Waals surface area contributed by atoms with Gasteiger partial charge in [-0.25, -0.2) is 9.78 Å². The van der Waals surface area contributed by atoms with Gasteiger partial charge in [0, 0.05) is 0 Å². The molecule has 0 spiro atoms. The average Bonchev–Trinajstić information content (AvgIpc) is 2.25. The van der Waals surface area contributed by atoms with Crippen molar-refractivity contribution in [1.29, 1.82) is 0 Å². The van der Waals surface area contributed by atoms with Crippen LogP contribution in [0.2, 0.25) is 0 Å². The van der Waals surface area contributed by atoms with Crippen molar-refractivity contribution >= 4 is 17.6 Å². The predicted molar refractivity (Wildman–Crippen MR) is 71.4 cm³/mol. The van der Waals surface area contributed by atoms with Gasteiger partial charge in [0.05, 0.1) is 18.4 Å². The maximum absolute atomic E-state index is 11.5. The van der Waals surface area contributed by atoms with Gasteiger partial charge in [0.1, 0.15) is 11.4 Å². The third-order valence-corrected chi connectivity index (χ3v) is 1.79. The molecule has 1 rings (SSSR count). The van der Waals surface area contributed by atoms with Crippen molar-refractivity contribution in [3.8, 4) is 12.3 Å². The number of hydrogen-bond donors (Lipinski definition) is 2. The molecule has 0 aliphatic heterocycles. The molecule has 0 bridgehead atoms. The number of carbonyl (C=O) groups is 1. The number of amides is 1. The maximum Gasteiger partial charge on any atom is 0.413 e. The van der Waals surface area contributed by atoms with Gasteiger partial charge in [0.2, 0.25) is 0 Å². The van der Waals surface area contributed by atoms with E-state index in [0.29, 0.717) is 12.4 Å². The number of hydrogen-bond acceptors (Lipinski definition) is 4. The highest BCUT2D eigenvalue weighted by atomic mass is 16.6. The summed E-state index contributed by atoms with van der Waals surface area (Å²) < 4.78 is 5.10. The van der Waals surface area contributed by atoms with Gasteiger partial charge >= 0.3 is 6.09 Å². The van der Waals surface area contributed by atoms with Crippen LogP contribution in [0.3, 0.4) is 0 Å². The topological polar surface area (TPSA) is 63.2 Å². The van der Waals surface area contributed by atoms with E-state index in [1.807, 2.05) is 0 Å². The van der Waals surface area contributed by atoms with Crippen LogP contribution in [0.15, 0.2) is 18.3 Å². The zero-order chi connectivity index (χ0) is 13.6. The van der Waals surface area contributed by atoms with E-state index in [-0.39, 0.29) is 0 Å². The Bertz CT molecular complexity index is 441. The number of nitrogens with one attached hydrogen (secondary N) is 2. The summed E-state index contributed by atoms with van der Waals surface area (Å²) in [5.74, 6) is 2.89.